The minimum absolute atomic E-state index is 0.142. The molecule has 8 unspecified atom stereocenters. The van der Waals surface area contributed by atoms with Crippen LogP contribution in [0.1, 0.15) is 85.0 Å². The Labute approximate surface area is 169 Å². The smallest absolute Gasteiger partial charge is 0.303 e. The average Bonchev–Trinajstić information content (AvgIpc) is 3.00. The summed E-state index contributed by atoms with van der Waals surface area (Å²) in [6, 6.07) is 0. The monoisotopic (exact) mass is 390 g/mol. The van der Waals surface area contributed by atoms with Crippen molar-refractivity contribution in [2.75, 3.05) is 0 Å². The predicted octanol–water partition coefficient (Wildman–Crippen LogP) is 4.54. The van der Waals surface area contributed by atoms with E-state index in [1.54, 1.807) is 5.57 Å². The molecule has 3 N–H and O–H groups in total. The van der Waals surface area contributed by atoms with Crippen molar-refractivity contribution < 1.29 is 20.1 Å². The molecule has 4 aliphatic rings. The summed E-state index contributed by atoms with van der Waals surface area (Å²) < 4.78 is 0. The van der Waals surface area contributed by atoms with Gasteiger partial charge in [-0.3, -0.25) is 4.79 Å². The quantitative estimate of drug-likeness (QED) is 0.616. The van der Waals surface area contributed by atoms with Crippen LogP contribution in [0, 0.1) is 34.5 Å². The van der Waals surface area contributed by atoms with E-state index in [0.29, 0.717) is 30.1 Å². The summed E-state index contributed by atoms with van der Waals surface area (Å²) in [5, 5.41) is 30.7. The fraction of sp³-hybridized carbons (Fsp3) is 0.875. The highest BCUT2D eigenvalue weighted by molar-refractivity contribution is 5.66. The molecule has 4 heteroatoms. The number of rotatable bonds is 4. The number of aliphatic carboxylic acids is 1. The fourth-order valence-electron chi connectivity index (χ4n) is 7.92. The zero-order chi connectivity index (χ0) is 20.3. The zero-order valence-corrected chi connectivity index (χ0v) is 17.8. The first-order valence-electron chi connectivity index (χ1n) is 11.5. The first kappa shape index (κ1) is 20.4. The van der Waals surface area contributed by atoms with Gasteiger partial charge in [0.1, 0.15) is 0 Å². The van der Waals surface area contributed by atoms with Crippen LogP contribution in [-0.2, 0) is 4.79 Å². The van der Waals surface area contributed by atoms with Crippen LogP contribution in [0.2, 0.25) is 0 Å². The predicted molar refractivity (Wildman–Crippen MR) is 109 cm³/mol. The summed E-state index contributed by atoms with van der Waals surface area (Å²) in [5.74, 6) is 1.02. The summed E-state index contributed by atoms with van der Waals surface area (Å²) >= 11 is 0. The lowest BCUT2D eigenvalue weighted by Gasteiger charge is -2.58. The van der Waals surface area contributed by atoms with E-state index in [4.69, 9.17) is 5.11 Å². The Morgan fingerprint density at radius 3 is 2.61 bits per heavy atom. The van der Waals surface area contributed by atoms with E-state index in [1.807, 2.05) is 0 Å². The van der Waals surface area contributed by atoms with Gasteiger partial charge in [0.05, 0.1) is 12.2 Å². The molecular weight excluding hydrogens is 352 g/mol. The van der Waals surface area contributed by atoms with Gasteiger partial charge in [-0.25, -0.2) is 0 Å². The first-order chi connectivity index (χ1) is 13.2. The molecule has 4 nitrogen and oxygen atoms in total. The molecule has 0 amide bonds. The van der Waals surface area contributed by atoms with Crippen LogP contribution in [0.3, 0.4) is 0 Å². The van der Waals surface area contributed by atoms with Crippen LogP contribution in [-0.4, -0.2) is 33.5 Å². The van der Waals surface area contributed by atoms with Gasteiger partial charge in [0.25, 0.3) is 0 Å². The molecule has 0 aromatic rings. The second kappa shape index (κ2) is 7.12. The number of aliphatic hydroxyl groups excluding tert-OH is 2. The van der Waals surface area contributed by atoms with E-state index in [1.165, 1.54) is 12.0 Å². The van der Waals surface area contributed by atoms with Gasteiger partial charge >= 0.3 is 5.97 Å². The molecule has 0 aromatic heterocycles. The molecular formula is C24H38O4. The Bertz CT molecular complexity index is 670. The van der Waals surface area contributed by atoms with E-state index in [0.717, 1.165) is 44.9 Å². The summed E-state index contributed by atoms with van der Waals surface area (Å²) in [4.78, 5) is 11.0. The van der Waals surface area contributed by atoms with Crippen molar-refractivity contribution in [2.45, 2.75) is 97.2 Å². The minimum atomic E-state index is -0.719. The maximum absolute atomic E-state index is 11.4. The van der Waals surface area contributed by atoms with E-state index in [2.05, 4.69) is 20.8 Å². The van der Waals surface area contributed by atoms with Crippen molar-refractivity contribution in [3.05, 3.63) is 11.1 Å². The highest BCUT2D eigenvalue weighted by atomic mass is 16.4. The van der Waals surface area contributed by atoms with Crippen LogP contribution in [0.15, 0.2) is 11.1 Å². The normalized spacial score (nSPS) is 46.5. The lowest BCUT2D eigenvalue weighted by Crippen LogP contribution is -2.52. The Morgan fingerprint density at radius 1 is 1.14 bits per heavy atom. The standard InChI is InChI=1S/C24H38O4/c1-14(4-9-22(27)28)18-7-8-19-17-6-5-15-12-16(25)10-11-23(15,2)20(17)13-21(26)24(18,19)3/h14-16,18,20-21,25-26H,4-13H2,1-3H3,(H,27,28). The van der Waals surface area contributed by atoms with E-state index >= 15 is 0 Å². The molecule has 0 aromatic carbocycles. The van der Waals surface area contributed by atoms with Gasteiger partial charge in [0.2, 0.25) is 0 Å². The van der Waals surface area contributed by atoms with Gasteiger partial charge in [-0.1, -0.05) is 31.9 Å². The van der Waals surface area contributed by atoms with Crippen molar-refractivity contribution in [1.82, 2.24) is 0 Å². The van der Waals surface area contributed by atoms with Crippen LogP contribution >= 0.6 is 0 Å². The van der Waals surface area contributed by atoms with E-state index in [9.17, 15) is 15.0 Å². The van der Waals surface area contributed by atoms with Crippen molar-refractivity contribution in [3.63, 3.8) is 0 Å². The van der Waals surface area contributed by atoms with E-state index in [-0.39, 0.29) is 29.5 Å². The van der Waals surface area contributed by atoms with E-state index < -0.39 is 5.97 Å². The largest absolute Gasteiger partial charge is 0.481 e. The first-order valence-corrected chi connectivity index (χ1v) is 11.5. The number of carboxylic acid groups (broad SMARTS) is 1. The Hall–Kier alpha value is -0.870. The molecule has 0 spiro atoms. The highest BCUT2D eigenvalue weighted by Crippen LogP contribution is 2.65. The second-order valence-electron chi connectivity index (χ2n) is 10.8. The van der Waals surface area contributed by atoms with Crippen molar-refractivity contribution in [2.24, 2.45) is 34.5 Å². The van der Waals surface area contributed by atoms with Crippen LogP contribution < -0.4 is 0 Å². The van der Waals surface area contributed by atoms with Crippen molar-refractivity contribution >= 4 is 5.97 Å². The molecule has 8 atom stereocenters. The van der Waals surface area contributed by atoms with Crippen LogP contribution in [0.25, 0.3) is 0 Å². The number of allylic oxidation sites excluding steroid dienone is 1. The van der Waals surface area contributed by atoms with Crippen LogP contribution in [0.5, 0.6) is 0 Å². The lowest BCUT2D eigenvalue weighted by molar-refractivity contribution is -0.137. The summed E-state index contributed by atoms with van der Waals surface area (Å²) in [6.07, 6.45) is 8.65. The van der Waals surface area contributed by atoms with Gasteiger partial charge in [0.15, 0.2) is 0 Å². The number of hydrogen-bond acceptors (Lipinski definition) is 3. The summed E-state index contributed by atoms with van der Waals surface area (Å²) in [5.41, 5.74) is 3.20. The molecule has 3 saturated carbocycles. The van der Waals surface area contributed by atoms with Gasteiger partial charge < -0.3 is 15.3 Å². The maximum atomic E-state index is 11.4. The molecule has 158 valence electrons. The Balaban J connectivity index is 1.64. The zero-order valence-electron chi connectivity index (χ0n) is 17.8. The average molecular weight is 391 g/mol. The SMILES string of the molecule is CC(CCC(=O)O)C1CCC2=C3CCC4CC(O)CCC4(C)C3CC(O)C21C. The molecule has 4 rings (SSSR count). The highest BCUT2D eigenvalue weighted by Gasteiger charge is 2.58. The third kappa shape index (κ3) is 2.98. The summed E-state index contributed by atoms with van der Waals surface area (Å²) in [6.45, 7) is 6.88. The molecule has 0 heterocycles. The number of carbonyl (C=O) groups is 1. The molecule has 0 aliphatic heterocycles. The Morgan fingerprint density at radius 2 is 1.89 bits per heavy atom. The van der Waals surface area contributed by atoms with Gasteiger partial charge in [-0.05, 0) is 86.9 Å². The molecule has 4 aliphatic carbocycles. The van der Waals surface area contributed by atoms with Gasteiger partial charge in [-0.15, -0.1) is 0 Å². The summed E-state index contributed by atoms with van der Waals surface area (Å²) in [7, 11) is 0. The topological polar surface area (TPSA) is 77.8 Å². The number of aliphatic hydroxyl groups is 2. The molecule has 3 fully saturated rings. The number of fused-ring (bicyclic) bond motifs is 4. The maximum Gasteiger partial charge on any atom is 0.303 e. The second-order valence-corrected chi connectivity index (χ2v) is 10.8. The van der Waals surface area contributed by atoms with Gasteiger partial charge in [-0.2, -0.15) is 0 Å². The molecule has 28 heavy (non-hydrogen) atoms. The molecule has 0 bridgehead atoms. The van der Waals surface area contributed by atoms with Crippen molar-refractivity contribution in [1.29, 1.82) is 0 Å². The molecule has 0 radical (unpaired) electrons. The third-order valence-electron chi connectivity index (χ3n) is 9.65. The Kier molecular flexibility index (Phi) is 5.19. The number of carboxylic acids is 1. The fourth-order valence-corrected chi connectivity index (χ4v) is 7.92. The molecule has 0 saturated heterocycles. The van der Waals surface area contributed by atoms with Crippen molar-refractivity contribution in [3.8, 4) is 0 Å². The number of hydrogen-bond donors (Lipinski definition) is 3. The van der Waals surface area contributed by atoms with Crippen LogP contribution in [0.4, 0.5) is 0 Å². The van der Waals surface area contributed by atoms with Gasteiger partial charge in [0, 0.05) is 11.8 Å². The lowest BCUT2D eigenvalue weighted by atomic mass is 9.48. The third-order valence-corrected chi connectivity index (χ3v) is 9.65. The minimum Gasteiger partial charge on any atom is -0.481 e.